The summed E-state index contributed by atoms with van der Waals surface area (Å²) in [7, 11) is 5.64. The van der Waals surface area contributed by atoms with Crippen LogP contribution in [0, 0.1) is 5.82 Å². The Morgan fingerprint density at radius 1 is 1.18 bits per heavy atom. The zero-order valence-corrected chi connectivity index (χ0v) is 23.2. The first kappa shape index (κ1) is 27.5. The van der Waals surface area contributed by atoms with Gasteiger partial charge in [0, 0.05) is 67.1 Å². The van der Waals surface area contributed by atoms with E-state index < -0.39 is 5.82 Å². The first-order valence-corrected chi connectivity index (χ1v) is 13.5. The molecular formula is C29H36FN9O. The van der Waals surface area contributed by atoms with Crippen molar-refractivity contribution in [3.05, 3.63) is 60.9 Å². The largest absolute Gasteiger partial charge is 0.496 e. The molecule has 40 heavy (non-hydrogen) atoms. The van der Waals surface area contributed by atoms with Crippen molar-refractivity contribution in [1.82, 2.24) is 29.6 Å². The van der Waals surface area contributed by atoms with E-state index in [1.807, 2.05) is 23.1 Å². The standard InChI is InChI=1S/C29H36FN9O/c1-37(2)12-6-14-39-18-20(16-34-39)22-17-33-27(15-24(22)38-13-5-7-21(31)19-38)35-26-10-11-32-29(36-26)28-23(30)8-4-9-25(28)40-3/h4,8-11,15-18,21H,5-7,12-14,19,31H2,1-3H3,(H,32,33,35,36)/t21-/m0/s1. The summed E-state index contributed by atoms with van der Waals surface area (Å²) in [4.78, 5) is 18.0. The fraction of sp³-hybridized carbons (Fsp3) is 0.379. The SMILES string of the molecule is COc1cccc(F)c1-c1nccc(Nc2cc(N3CCC[C@H](N)C3)c(-c3cnn(CCCN(C)C)c3)cn2)n1. The number of methoxy groups -OCH3 is 1. The number of nitrogens with two attached hydrogens (primary N) is 1. The second-order valence-corrected chi connectivity index (χ2v) is 10.3. The fourth-order valence-corrected chi connectivity index (χ4v) is 4.97. The maximum Gasteiger partial charge on any atom is 0.168 e. The van der Waals surface area contributed by atoms with Gasteiger partial charge in [-0.05, 0) is 58.1 Å². The molecule has 4 heterocycles. The van der Waals surface area contributed by atoms with Crippen molar-refractivity contribution < 1.29 is 9.13 Å². The molecule has 1 saturated heterocycles. The molecule has 210 valence electrons. The monoisotopic (exact) mass is 545 g/mol. The molecule has 0 spiro atoms. The number of pyridine rings is 1. The number of nitrogens with one attached hydrogen (secondary N) is 1. The van der Waals surface area contributed by atoms with Gasteiger partial charge in [-0.2, -0.15) is 5.10 Å². The van der Waals surface area contributed by atoms with E-state index >= 15 is 0 Å². The highest BCUT2D eigenvalue weighted by Crippen LogP contribution is 2.35. The molecule has 0 saturated carbocycles. The van der Waals surface area contributed by atoms with Gasteiger partial charge < -0.3 is 25.6 Å². The van der Waals surface area contributed by atoms with Gasteiger partial charge in [0.2, 0.25) is 0 Å². The van der Waals surface area contributed by atoms with E-state index in [1.54, 1.807) is 24.4 Å². The van der Waals surface area contributed by atoms with Gasteiger partial charge in [0.1, 0.15) is 23.2 Å². The molecule has 1 aliphatic heterocycles. The van der Waals surface area contributed by atoms with E-state index in [4.69, 9.17) is 15.5 Å². The van der Waals surface area contributed by atoms with Crippen LogP contribution in [0.4, 0.5) is 21.7 Å². The molecule has 4 aromatic rings. The average molecular weight is 546 g/mol. The van der Waals surface area contributed by atoms with Crippen molar-refractivity contribution in [2.45, 2.75) is 31.8 Å². The predicted octanol–water partition coefficient (Wildman–Crippen LogP) is 4.17. The Hall–Kier alpha value is -4.09. The van der Waals surface area contributed by atoms with Crippen LogP contribution in [0.25, 0.3) is 22.5 Å². The lowest BCUT2D eigenvalue weighted by Crippen LogP contribution is -2.43. The Morgan fingerprint density at radius 3 is 2.85 bits per heavy atom. The van der Waals surface area contributed by atoms with Crippen LogP contribution < -0.4 is 20.7 Å². The highest BCUT2D eigenvalue weighted by Gasteiger charge is 2.22. The van der Waals surface area contributed by atoms with Crippen molar-refractivity contribution in [3.63, 3.8) is 0 Å². The molecule has 1 fully saturated rings. The molecule has 1 aromatic carbocycles. The first-order chi connectivity index (χ1) is 19.4. The van der Waals surface area contributed by atoms with Gasteiger partial charge in [-0.25, -0.2) is 19.3 Å². The Morgan fingerprint density at radius 2 is 2.05 bits per heavy atom. The maximum atomic E-state index is 14.7. The van der Waals surface area contributed by atoms with Crippen molar-refractivity contribution >= 4 is 17.3 Å². The molecule has 0 bridgehead atoms. The molecule has 3 aromatic heterocycles. The van der Waals surface area contributed by atoms with Crippen LogP contribution in [0.15, 0.2) is 55.1 Å². The minimum Gasteiger partial charge on any atom is -0.496 e. The number of rotatable bonds is 10. The highest BCUT2D eigenvalue weighted by atomic mass is 19.1. The quantitative estimate of drug-likeness (QED) is 0.303. The third-order valence-corrected chi connectivity index (χ3v) is 6.95. The van der Waals surface area contributed by atoms with E-state index in [0.29, 0.717) is 17.4 Å². The van der Waals surface area contributed by atoms with Gasteiger partial charge in [0.05, 0.1) is 18.9 Å². The summed E-state index contributed by atoms with van der Waals surface area (Å²) in [6.07, 6.45) is 10.5. The predicted molar refractivity (Wildman–Crippen MR) is 155 cm³/mol. The topological polar surface area (TPSA) is 110 Å². The first-order valence-electron chi connectivity index (χ1n) is 13.5. The molecule has 1 aliphatic rings. The minimum absolute atomic E-state index is 0.111. The van der Waals surface area contributed by atoms with Gasteiger partial charge in [-0.3, -0.25) is 4.68 Å². The van der Waals surface area contributed by atoms with Crippen molar-refractivity contribution in [2.75, 3.05) is 51.1 Å². The van der Waals surface area contributed by atoms with Crippen molar-refractivity contribution in [1.29, 1.82) is 0 Å². The van der Waals surface area contributed by atoms with E-state index in [9.17, 15) is 4.39 Å². The molecule has 5 rings (SSSR count). The lowest BCUT2D eigenvalue weighted by atomic mass is 10.0. The Bertz CT molecular complexity index is 1440. The highest BCUT2D eigenvalue weighted by molar-refractivity contribution is 5.80. The number of aromatic nitrogens is 5. The number of hydrogen-bond donors (Lipinski definition) is 2. The zero-order chi connectivity index (χ0) is 28.1. The Labute approximate surface area is 234 Å². The third kappa shape index (κ3) is 6.37. The van der Waals surface area contributed by atoms with E-state index in [1.165, 1.54) is 13.2 Å². The lowest BCUT2D eigenvalue weighted by molar-refractivity contribution is 0.380. The maximum absolute atomic E-state index is 14.7. The van der Waals surface area contributed by atoms with Crippen LogP contribution in [0.2, 0.25) is 0 Å². The van der Waals surface area contributed by atoms with Gasteiger partial charge in [-0.15, -0.1) is 0 Å². The molecule has 1 atom stereocenters. The molecule has 0 aliphatic carbocycles. The number of hydrogen-bond acceptors (Lipinski definition) is 9. The van der Waals surface area contributed by atoms with Crippen LogP contribution in [0.5, 0.6) is 5.75 Å². The number of piperidine rings is 1. The third-order valence-electron chi connectivity index (χ3n) is 6.95. The van der Waals surface area contributed by atoms with Gasteiger partial charge in [0.15, 0.2) is 5.82 Å². The van der Waals surface area contributed by atoms with Gasteiger partial charge in [0.25, 0.3) is 0 Å². The number of halogens is 1. The van der Waals surface area contributed by atoms with Gasteiger partial charge in [-0.1, -0.05) is 6.07 Å². The van der Waals surface area contributed by atoms with Crippen LogP contribution in [-0.4, -0.2) is 76.5 Å². The molecular weight excluding hydrogens is 509 g/mol. The summed E-state index contributed by atoms with van der Waals surface area (Å²) in [5.41, 5.74) is 9.60. The average Bonchev–Trinajstić information content (AvgIpc) is 3.41. The normalized spacial score (nSPS) is 15.4. The van der Waals surface area contributed by atoms with E-state index in [-0.39, 0.29) is 17.4 Å². The Balaban J connectivity index is 1.44. The van der Waals surface area contributed by atoms with E-state index in [2.05, 4.69) is 50.5 Å². The molecule has 0 radical (unpaired) electrons. The van der Waals surface area contributed by atoms with Crippen LogP contribution in [0.1, 0.15) is 19.3 Å². The second kappa shape index (κ2) is 12.4. The van der Waals surface area contributed by atoms with Crippen molar-refractivity contribution in [2.24, 2.45) is 5.73 Å². The minimum atomic E-state index is -0.454. The molecule has 10 nitrogen and oxygen atoms in total. The fourth-order valence-electron chi connectivity index (χ4n) is 4.97. The van der Waals surface area contributed by atoms with Gasteiger partial charge >= 0.3 is 0 Å². The van der Waals surface area contributed by atoms with E-state index in [0.717, 1.165) is 62.3 Å². The molecule has 0 amide bonds. The van der Waals surface area contributed by atoms with Crippen molar-refractivity contribution in [3.8, 4) is 28.3 Å². The summed E-state index contributed by atoms with van der Waals surface area (Å²) in [6, 6.07) is 8.49. The van der Waals surface area contributed by atoms with Crippen LogP contribution >= 0.6 is 0 Å². The summed E-state index contributed by atoms with van der Waals surface area (Å²) in [5, 5.41) is 7.87. The number of benzene rings is 1. The smallest absolute Gasteiger partial charge is 0.168 e. The number of ether oxygens (including phenoxy) is 1. The summed E-state index contributed by atoms with van der Waals surface area (Å²) >= 11 is 0. The summed E-state index contributed by atoms with van der Waals surface area (Å²) in [5.74, 6) is 1.24. The summed E-state index contributed by atoms with van der Waals surface area (Å²) in [6.45, 7) is 3.52. The summed E-state index contributed by atoms with van der Waals surface area (Å²) < 4.78 is 22.0. The zero-order valence-electron chi connectivity index (χ0n) is 23.2. The van der Waals surface area contributed by atoms with Crippen LogP contribution in [0.3, 0.4) is 0 Å². The second-order valence-electron chi connectivity index (χ2n) is 10.3. The number of aryl methyl sites for hydroxylation is 1. The van der Waals surface area contributed by atoms with Crippen LogP contribution in [-0.2, 0) is 6.54 Å². The molecule has 11 heteroatoms. The molecule has 0 unspecified atom stereocenters. The molecule has 3 N–H and O–H groups in total. The number of anilines is 3. The lowest BCUT2D eigenvalue weighted by Gasteiger charge is -2.34. The number of nitrogens with zero attached hydrogens (tertiary/aromatic N) is 7. The Kier molecular flexibility index (Phi) is 8.51.